The first-order valence-corrected chi connectivity index (χ1v) is 21.1. The topological polar surface area (TPSA) is 134 Å². The molecule has 0 heterocycles. The lowest BCUT2D eigenvalue weighted by Gasteiger charge is -2.62. The van der Waals surface area contributed by atoms with Gasteiger partial charge in [0.05, 0.1) is 12.2 Å². The van der Waals surface area contributed by atoms with Gasteiger partial charge in [-0.15, -0.1) is 0 Å². The highest BCUT2D eigenvalue weighted by atomic mass is 32.3. The van der Waals surface area contributed by atoms with Crippen LogP contribution in [0.25, 0.3) is 0 Å². The number of nitrogens with two attached hydrogens (primary N) is 1. The van der Waals surface area contributed by atoms with E-state index in [0.717, 1.165) is 39.0 Å². The molecule has 8 nitrogen and oxygen atoms in total. The quantitative estimate of drug-likeness (QED) is 0.0677. The molecule has 4 aliphatic carbocycles. The molecule has 276 valence electrons. The van der Waals surface area contributed by atoms with Crippen LogP contribution in [0, 0.1) is 52.3 Å². The predicted octanol–water partition coefficient (Wildman–Crippen LogP) is 7.11. The van der Waals surface area contributed by atoms with Gasteiger partial charge in [0, 0.05) is 6.04 Å². The third-order valence-electron chi connectivity index (χ3n) is 14.1. The molecule has 3 unspecified atom stereocenters. The molecule has 0 aliphatic heterocycles. The zero-order valence-corrected chi connectivity index (χ0v) is 31.5. The zero-order valence-electron chi connectivity index (χ0n) is 30.7. The number of unbranched alkanes of at least 4 members (excludes halogenated alkanes) is 5. The van der Waals surface area contributed by atoms with E-state index < -0.39 is 16.5 Å². The van der Waals surface area contributed by atoms with Gasteiger partial charge in [-0.25, -0.2) is 4.18 Å². The highest BCUT2D eigenvalue weighted by Gasteiger charge is 2.62. The Kier molecular flexibility index (Phi) is 14.9. The molecule has 4 fully saturated rings. The summed E-state index contributed by atoms with van der Waals surface area (Å²) in [5.74, 6) is 3.22. The minimum atomic E-state index is -4.46. The van der Waals surface area contributed by atoms with Gasteiger partial charge in [0.2, 0.25) is 0 Å². The standard InChI is InChI=1S/C38H73N3O5S/c1-27(2)35(46-47(43,44)45)16-13-28(3)31-14-15-32-36-33(18-20-38(31,32)5)37(4)19-17-30(25-29(37)26-34(36)42)41-24-12-23-40-22-11-9-7-6-8-10-21-39/h27-36,40-42H,6-26,39H2,1-5H3,(H,43,44,45)/t28-,29+,30+,31-,32?,33?,34+,35-,36?,37+,38-/m1/s1. The Morgan fingerprint density at radius 3 is 2.19 bits per heavy atom. The summed E-state index contributed by atoms with van der Waals surface area (Å²) >= 11 is 0. The van der Waals surface area contributed by atoms with Gasteiger partial charge >= 0.3 is 10.4 Å². The van der Waals surface area contributed by atoms with Crippen LogP contribution in [-0.4, -0.2) is 62.5 Å². The molecule has 47 heavy (non-hydrogen) atoms. The average molecular weight is 684 g/mol. The summed E-state index contributed by atoms with van der Waals surface area (Å²) in [5, 5.41) is 19.4. The Morgan fingerprint density at radius 2 is 1.49 bits per heavy atom. The lowest BCUT2D eigenvalue weighted by atomic mass is 9.43. The van der Waals surface area contributed by atoms with Gasteiger partial charge < -0.3 is 21.5 Å². The number of hydrogen-bond donors (Lipinski definition) is 5. The first kappa shape index (κ1) is 39.5. The second kappa shape index (κ2) is 17.8. The van der Waals surface area contributed by atoms with Crippen LogP contribution in [0.3, 0.4) is 0 Å². The van der Waals surface area contributed by atoms with E-state index in [2.05, 4.69) is 31.4 Å². The summed E-state index contributed by atoms with van der Waals surface area (Å²) in [5.41, 5.74) is 6.13. The van der Waals surface area contributed by atoms with Gasteiger partial charge in [-0.2, -0.15) is 8.42 Å². The Hall–Kier alpha value is -0.290. The third-order valence-corrected chi connectivity index (χ3v) is 14.6. The Balaban J connectivity index is 1.23. The molecule has 0 radical (unpaired) electrons. The van der Waals surface area contributed by atoms with Crippen molar-refractivity contribution in [3.05, 3.63) is 0 Å². The molecule has 0 aromatic carbocycles. The van der Waals surface area contributed by atoms with Crippen molar-refractivity contribution < 1.29 is 22.3 Å². The maximum absolute atomic E-state index is 11.8. The van der Waals surface area contributed by atoms with E-state index in [4.69, 9.17) is 9.92 Å². The van der Waals surface area contributed by atoms with Crippen LogP contribution >= 0.6 is 0 Å². The summed E-state index contributed by atoms with van der Waals surface area (Å²) in [7, 11) is -4.46. The fraction of sp³-hybridized carbons (Fsp3) is 1.00. The Morgan fingerprint density at radius 1 is 0.830 bits per heavy atom. The molecular weight excluding hydrogens is 611 g/mol. The second-order valence-electron chi connectivity index (χ2n) is 17.3. The molecule has 6 N–H and O–H groups in total. The van der Waals surface area contributed by atoms with Gasteiger partial charge in [-0.3, -0.25) is 4.55 Å². The Bertz CT molecular complexity index is 1040. The van der Waals surface area contributed by atoms with Crippen molar-refractivity contribution in [3.63, 3.8) is 0 Å². The van der Waals surface area contributed by atoms with Crippen LogP contribution in [0.5, 0.6) is 0 Å². The normalized spacial score (nSPS) is 36.9. The number of aliphatic hydroxyl groups excluding tert-OH is 1. The van der Waals surface area contributed by atoms with Crippen molar-refractivity contribution in [1.82, 2.24) is 10.6 Å². The molecular formula is C38H73N3O5S. The van der Waals surface area contributed by atoms with E-state index in [-0.39, 0.29) is 17.4 Å². The van der Waals surface area contributed by atoms with E-state index in [1.54, 1.807) is 0 Å². The van der Waals surface area contributed by atoms with Crippen LogP contribution < -0.4 is 16.4 Å². The van der Waals surface area contributed by atoms with Crippen LogP contribution in [0.1, 0.15) is 144 Å². The van der Waals surface area contributed by atoms with Gasteiger partial charge in [-0.1, -0.05) is 60.3 Å². The van der Waals surface area contributed by atoms with Crippen molar-refractivity contribution in [3.8, 4) is 0 Å². The molecule has 4 rings (SSSR count). The maximum Gasteiger partial charge on any atom is 0.397 e. The second-order valence-corrected chi connectivity index (χ2v) is 18.4. The third kappa shape index (κ3) is 10.2. The number of rotatable bonds is 20. The van der Waals surface area contributed by atoms with E-state index in [1.807, 2.05) is 13.8 Å². The predicted molar refractivity (Wildman–Crippen MR) is 192 cm³/mol. The van der Waals surface area contributed by atoms with Gasteiger partial charge in [0.25, 0.3) is 0 Å². The highest BCUT2D eigenvalue weighted by Crippen LogP contribution is 2.68. The number of fused-ring (bicyclic) bond motifs is 5. The lowest BCUT2D eigenvalue weighted by molar-refractivity contribution is -0.167. The number of hydrogen-bond acceptors (Lipinski definition) is 7. The average Bonchev–Trinajstić information content (AvgIpc) is 3.36. The van der Waals surface area contributed by atoms with E-state index in [1.165, 1.54) is 89.9 Å². The van der Waals surface area contributed by atoms with E-state index >= 15 is 0 Å². The number of aliphatic hydroxyl groups is 1. The Labute approximate surface area is 288 Å². The van der Waals surface area contributed by atoms with Gasteiger partial charge in [0.1, 0.15) is 0 Å². The van der Waals surface area contributed by atoms with Crippen molar-refractivity contribution in [2.24, 2.45) is 58.0 Å². The number of nitrogens with one attached hydrogen (secondary N) is 2. The molecule has 9 heteroatoms. The zero-order chi connectivity index (χ0) is 34.2. The summed E-state index contributed by atoms with van der Waals surface area (Å²) < 4.78 is 37.2. The van der Waals surface area contributed by atoms with Crippen LogP contribution in [0.2, 0.25) is 0 Å². The lowest BCUT2D eigenvalue weighted by Crippen LogP contribution is -2.59. The van der Waals surface area contributed by atoms with Crippen LogP contribution in [0.4, 0.5) is 0 Å². The molecule has 0 amide bonds. The molecule has 0 spiro atoms. The first-order valence-electron chi connectivity index (χ1n) is 19.8. The fourth-order valence-electron chi connectivity index (χ4n) is 11.4. The fourth-order valence-corrected chi connectivity index (χ4v) is 12.0. The van der Waals surface area contributed by atoms with Crippen molar-refractivity contribution in [2.45, 2.75) is 162 Å². The molecule has 0 saturated heterocycles. The highest BCUT2D eigenvalue weighted by molar-refractivity contribution is 7.80. The van der Waals surface area contributed by atoms with Gasteiger partial charge in [-0.05, 0) is 162 Å². The smallest absolute Gasteiger partial charge is 0.393 e. The van der Waals surface area contributed by atoms with Crippen molar-refractivity contribution in [1.29, 1.82) is 0 Å². The minimum absolute atomic E-state index is 0.0154. The van der Waals surface area contributed by atoms with Crippen molar-refractivity contribution in [2.75, 3.05) is 26.2 Å². The molecule has 4 aliphatic rings. The van der Waals surface area contributed by atoms with Crippen LogP contribution in [0.15, 0.2) is 0 Å². The minimum Gasteiger partial charge on any atom is -0.393 e. The maximum atomic E-state index is 11.8. The largest absolute Gasteiger partial charge is 0.397 e. The summed E-state index contributed by atoms with van der Waals surface area (Å²) in [6.45, 7) is 15.5. The molecule has 11 atom stereocenters. The monoisotopic (exact) mass is 684 g/mol. The summed E-state index contributed by atoms with van der Waals surface area (Å²) in [6.07, 6.45) is 19.3. The molecule has 0 aromatic rings. The summed E-state index contributed by atoms with van der Waals surface area (Å²) in [4.78, 5) is 0. The van der Waals surface area contributed by atoms with E-state index in [0.29, 0.717) is 53.4 Å². The summed E-state index contributed by atoms with van der Waals surface area (Å²) in [6, 6.07) is 0.579. The van der Waals surface area contributed by atoms with Crippen LogP contribution in [-0.2, 0) is 14.6 Å². The first-order chi connectivity index (χ1) is 22.3. The van der Waals surface area contributed by atoms with Crippen molar-refractivity contribution >= 4 is 10.4 Å². The molecule has 0 bridgehead atoms. The van der Waals surface area contributed by atoms with E-state index in [9.17, 15) is 18.1 Å². The SMILES string of the molecule is CC(C)[C@@H](CC[C@@H](C)[C@H]1CCC2C3C(CC[C@@]21C)[C@@]1(C)CC[C@H](NCCCNCCCCCCCCN)C[C@H]1C[C@@H]3O)OS(=O)(=O)O. The molecule has 4 saturated carbocycles. The van der Waals surface area contributed by atoms with Gasteiger partial charge in [0.15, 0.2) is 0 Å². The molecule has 0 aromatic heterocycles.